The average Bonchev–Trinajstić information content (AvgIpc) is 2.48. The van der Waals surface area contributed by atoms with Gasteiger partial charge in [0.15, 0.2) is 0 Å². The third-order valence-electron chi connectivity index (χ3n) is 3.40. The minimum Gasteiger partial charge on any atom is -0.330 e. The molecule has 21 heavy (non-hydrogen) atoms. The van der Waals surface area contributed by atoms with Gasteiger partial charge in [-0.05, 0) is 54.8 Å². The van der Waals surface area contributed by atoms with Crippen LogP contribution in [0.25, 0.3) is 0 Å². The van der Waals surface area contributed by atoms with E-state index in [1.54, 1.807) is 0 Å². The molecule has 0 aliphatic carbocycles. The van der Waals surface area contributed by atoms with Crippen LogP contribution >= 0.6 is 23.2 Å². The maximum atomic E-state index is 6.15. The smallest absolute Gasteiger partial charge is 0.0453 e. The molecule has 2 rings (SSSR count). The van der Waals surface area contributed by atoms with Gasteiger partial charge in [0.2, 0.25) is 0 Å². The molecule has 0 radical (unpaired) electrons. The van der Waals surface area contributed by atoms with Crippen molar-refractivity contribution in [2.75, 3.05) is 13.1 Å². The molecule has 0 saturated heterocycles. The van der Waals surface area contributed by atoms with Crippen LogP contribution in [0.1, 0.15) is 16.7 Å². The summed E-state index contributed by atoms with van der Waals surface area (Å²) in [6.07, 6.45) is 1.75. The van der Waals surface area contributed by atoms with Gasteiger partial charge in [0, 0.05) is 16.6 Å². The van der Waals surface area contributed by atoms with Gasteiger partial charge in [0.1, 0.15) is 0 Å². The van der Waals surface area contributed by atoms with E-state index < -0.39 is 0 Å². The highest BCUT2D eigenvalue weighted by molar-refractivity contribution is 6.35. The highest BCUT2D eigenvalue weighted by atomic mass is 35.5. The first-order valence-electron chi connectivity index (χ1n) is 7.12. The van der Waals surface area contributed by atoms with E-state index in [1.807, 2.05) is 18.2 Å². The third-order valence-corrected chi connectivity index (χ3v) is 4.11. The molecule has 2 aromatic carbocycles. The number of halogens is 2. The molecule has 0 amide bonds. The van der Waals surface area contributed by atoms with Gasteiger partial charge in [0.25, 0.3) is 0 Å². The van der Waals surface area contributed by atoms with Crippen molar-refractivity contribution in [3.05, 3.63) is 69.2 Å². The van der Waals surface area contributed by atoms with Crippen molar-refractivity contribution in [1.29, 1.82) is 0 Å². The normalized spacial score (nSPS) is 10.8. The Hall–Kier alpha value is -1.06. The zero-order valence-electron chi connectivity index (χ0n) is 11.9. The van der Waals surface area contributed by atoms with E-state index in [0.717, 1.165) is 41.5 Å². The number of nitrogens with two attached hydrogens (primary N) is 1. The summed E-state index contributed by atoms with van der Waals surface area (Å²) in [7, 11) is 0. The lowest BCUT2D eigenvalue weighted by Crippen LogP contribution is -2.17. The van der Waals surface area contributed by atoms with E-state index in [4.69, 9.17) is 28.9 Å². The SMILES string of the molecule is NCCc1ccc(CNCCc2c(Cl)cccc2Cl)cc1. The largest absolute Gasteiger partial charge is 0.330 e. The van der Waals surface area contributed by atoms with Gasteiger partial charge >= 0.3 is 0 Å². The van der Waals surface area contributed by atoms with Crippen LogP contribution in [0.2, 0.25) is 10.0 Å². The second-order valence-corrected chi connectivity index (χ2v) is 5.80. The van der Waals surface area contributed by atoms with Crippen LogP contribution in [0, 0.1) is 0 Å². The average molecular weight is 323 g/mol. The minimum absolute atomic E-state index is 0.691. The molecule has 2 nitrogen and oxygen atoms in total. The molecule has 3 N–H and O–H groups in total. The zero-order chi connectivity index (χ0) is 15.1. The molecule has 0 aliphatic rings. The highest BCUT2D eigenvalue weighted by Crippen LogP contribution is 2.24. The summed E-state index contributed by atoms with van der Waals surface area (Å²) in [6.45, 7) is 2.37. The summed E-state index contributed by atoms with van der Waals surface area (Å²) >= 11 is 12.3. The second kappa shape index (κ2) is 8.40. The fourth-order valence-electron chi connectivity index (χ4n) is 2.21. The number of benzene rings is 2. The maximum Gasteiger partial charge on any atom is 0.0453 e. The molecule has 0 bridgehead atoms. The Balaban J connectivity index is 1.79. The van der Waals surface area contributed by atoms with Crippen LogP contribution in [0.5, 0.6) is 0 Å². The van der Waals surface area contributed by atoms with Crippen LogP contribution in [0.15, 0.2) is 42.5 Å². The van der Waals surface area contributed by atoms with Gasteiger partial charge in [-0.25, -0.2) is 0 Å². The summed E-state index contributed by atoms with van der Waals surface area (Å²) in [4.78, 5) is 0. The van der Waals surface area contributed by atoms with E-state index in [0.29, 0.717) is 6.54 Å². The Kier molecular flexibility index (Phi) is 6.52. The standard InChI is InChI=1S/C17H20Cl2N2/c18-16-2-1-3-17(19)15(16)9-11-21-12-14-6-4-13(5-7-14)8-10-20/h1-7,21H,8-12,20H2. The van der Waals surface area contributed by atoms with Crippen molar-refractivity contribution in [2.45, 2.75) is 19.4 Å². The van der Waals surface area contributed by atoms with E-state index in [-0.39, 0.29) is 0 Å². The summed E-state index contributed by atoms with van der Waals surface area (Å²) in [5.74, 6) is 0. The molecule has 0 fully saturated rings. The summed E-state index contributed by atoms with van der Waals surface area (Å²) in [5.41, 5.74) is 9.10. The van der Waals surface area contributed by atoms with Gasteiger partial charge < -0.3 is 11.1 Å². The monoisotopic (exact) mass is 322 g/mol. The van der Waals surface area contributed by atoms with Crippen LogP contribution in [-0.4, -0.2) is 13.1 Å². The van der Waals surface area contributed by atoms with Crippen LogP contribution in [0.3, 0.4) is 0 Å². The van der Waals surface area contributed by atoms with Crippen LogP contribution in [-0.2, 0) is 19.4 Å². The van der Waals surface area contributed by atoms with Gasteiger partial charge in [-0.1, -0.05) is 53.5 Å². The summed E-state index contributed by atoms with van der Waals surface area (Å²) in [6, 6.07) is 14.2. The molecular weight excluding hydrogens is 303 g/mol. The minimum atomic E-state index is 0.691. The molecule has 4 heteroatoms. The Labute approximate surface area is 136 Å². The van der Waals surface area contributed by atoms with E-state index in [2.05, 4.69) is 29.6 Å². The Morgan fingerprint density at radius 3 is 2.10 bits per heavy atom. The van der Waals surface area contributed by atoms with E-state index in [1.165, 1.54) is 11.1 Å². The molecule has 0 aliphatic heterocycles. The van der Waals surface area contributed by atoms with Crippen molar-refractivity contribution >= 4 is 23.2 Å². The lowest BCUT2D eigenvalue weighted by Gasteiger charge is -2.09. The fourth-order valence-corrected chi connectivity index (χ4v) is 2.79. The van der Waals surface area contributed by atoms with Gasteiger partial charge in [-0.3, -0.25) is 0 Å². The first kappa shape index (κ1) is 16.3. The van der Waals surface area contributed by atoms with Crippen LogP contribution < -0.4 is 11.1 Å². The quantitative estimate of drug-likeness (QED) is 0.760. The first-order chi connectivity index (χ1) is 10.2. The van der Waals surface area contributed by atoms with Crippen molar-refractivity contribution in [1.82, 2.24) is 5.32 Å². The molecule has 0 saturated carbocycles. The molecule has 2 aromatic rings. The lowest BCUT2D eigenvalue weighted by atomic mass is 10.1. The molecule has 0 atom stereocenters. The third kappa shape index (κ3) is 5.01. The first-order valence-corrected chi connectivity index (χ1v) is 7.88. The molecule has 0 aromatic heterocycles. The van der Waals surface area contributed by atoms with Crippen molar-refractivity contribution in [3.63, 3.8) is 0 Å². The second-order valence-electron chi connectivity index (χ2n) is 4.98. The maximum absolute atomic E-state index is 6.15. The summed E-state index contributed by atoms with van der Waals surface area (Å²) in [5, 5.41) is 4.88. The predicted octanol–water partition coefficient (Wildman–Crippen LogP) is 3.83. The van der Waals surface area contributed by atoms with Crippen LogP contribution in [0.4, 0.5) is 0 Å². The number of hydrogen-bond acceptors (Lipinski definition) is 2. The van der Waals surface area contributed by atoms with Gasteiger partial charge in [-0.2, -0.15) is 0 Å². The highest BCUT2D eigenvalue weighted by Gasteiger charge is 2.04. The zero-order valence-corrected chi connectivity index (χ0v) is 13.4. The molecule has 112 valence electrons. The molecular formula is C17H20Cl2N2. The van der Waals surface area contributed by atoms with Gasteiger partial charge in [-0.15, -0.1) is 0 Å². The Bertz CT molecular complexity index is 547. The molecule has 0 heterocycles. The topological polar surface area (TPSA) is 38.0 Å². The fraction of sp³-hybridized carbons (Fsp3) is 0.294. The van der Waals surface area contributed by atoms with E-state index in [9.17, 15) is 0 Å². The van der Waals surface area contributed by atoms with Crippen molar-refractivity contribution in [3.8, 4) is 0 Å². The Morgan fingerprint density at radius 1 is 0.857 bits per heavy atom. The number of hydrogen-bond donors (Lipinski definition) is 2. The van der Waals surface area contributed by atoms with Crippen molar-refractivity contribution in [2.24, 2.45) is 5.73 Å². The van der Waals surface area contributed by atoms with Gasteiger partial charge in [0.05, 0.1) is 0 Å². The summed E-state index contributed by atoms with van der Waals surface area (Å²) < 4.78 is 0. The predicted molar refractivity (Wildman–Crippen MR) is 91.1 cm³/mol. The molecule has 0 spiro atoms. The lowest BCUT2D eigenvalue weighted by molar-refractivity contribution is 0.687. The number of rotatable bonds is 7. The number of nitrogens with one attached hydrogen (secondary N) is 1. The Morgan fingerprint density at radius 2 is 1.48 bits per heavy atom. The van der Waals surface area contributed by atoms with E-state index >= 15 is 0 Å². The van der Waals surface area contributed by atoms with Crippen molar-refractivity contribution < 1.29 is 0 Å². The molecule has 0 unspecified atom stereocenters.